The quantitative estimate of drug-likeness (QED) is 0.880. The first-order chi connectivity index (χ1) is 9.52. The minimum atomic E-state index is 0.176. The van der Waals surface area contributed by atoms with Crippen LogP contribution in [0, 0.1) is 0 Å². The maximum atomic E-state index is 6.39. The molecule has 5 heteroatoms. The van der Waals surface area contributed by atoms with Crippen molar-refractivity contribution in [2.24, 2.45) is 12.8 Å². The summed E-state index contributed by atoms with van der Waals surface area (Å²) in [5, 5.41) is 4.32. The van der Waals surface area contributed by atoms with Gasteiger partial charge in [-0.2, -0.15) is 5.10 Å². The van der Waals surface area contributed by atoms with E-state index >= 15 is 0 Å². The molecule has 1 aliphatic rings. The standard InChI is InChI=1S/C15H29N5/c1-5-14(16)15(12-10-17-19(4)11-12)20-8-6-13(7-9-20)18(2)3/h10-11,13-15H,5-9,16H2,1-4H3. The van der Waals surface area contributed by atoms with E-state index in [1.54, 1.807) is 0 Å². The highest BCUT2D eigenvalue weighted by Gasteiger charge is 2.30. The predicted molar refractivity (Wildman–Crippen MR) is 82.5 cm³/mol. The van der Waals surface area contributed by atoms with Crippen molar-refractivity contribution in [2.45, 2.75) is 44.3 Å². The lowest BCUT2D eigenvalue weighted by Crippen LogP contribution is -2.47. The van der Waals surface area contributed by atoms with E-state index in [0.29, 0.717) is 12.1 Å². The predicted octanol–water partition coefficient (Wildman–Crippen LogP) is 1.22. The van der Waals surface area contributed by atoms with Gasteiger partial charge < -0.3 is 10.6 Å². The summed E-state index contributed by atoms with van der Waals surface area (Å²) in [6.45, 7) is 4.41. The Hall–Kier alpha value is -0.910. The van der Waals surface area contributed by atoms with Crippen molar-refractivity contribution in [2.75, 3.05) is 27.2 Å². The van der Waals surface area contributed by atoms with Gasteiger partial charge in [-0.3, -0.25) is 9.58 Å². The molecule has 1 fully saturated rings. The van der Waals surface area contributed by atoms with E-state index in [0.717, 1.165) is 19.5 Å². The van der Waals surface area contributed by atoms with Crippen LogP contribution in [0.25, 0.3) is 0 Å². The van der Waals surface area contributed by atoms with Crippen molar-refractivity contribution in [1.29, 1.82) is 0 Å². The third-order valence-corrected chi connectivity index (χ3v) is 4.57. The smallest absolute Gasteiger partial charge is 0.0538 e. The first-order valence-corrected chi connectivity index (χ1v) is 7.67. The van der Waals surface area contributed by atoms with Gasteiger partial charge in [0, 0.05) is 44.0 Å². The summed E-state index contributed by atoms with van der Waals surface area (Å²) in [7, 11) is 6.32. The van der Waals surface area contributed by atoms with Crippen molar-refractivity contribution >= 4 is 0 Å². The minimum absolute atomic E-state index is 0.176. The van der Waals surface area contributed by atoms with Crippen LogP contribution in [0.15, 0.2) is 12.4 Å². The second-order valence-electron chi connectivity index (χ2n) is 6.20. The highest BCUT2D eigenvalue weighted by atomic mass is 15.3. The molecule has 2 atom stereocenters. The first kappa shape index (κ1) is 15.5. The lowest BCUT2D eigenvalue weighted by Gasteiger charge is -2.41. The maximum Gasteiger partial charge on any atom is 0.0538 e. The Morgan fingerprint density at radius 2 is 2.05 bits per heavy atom. The van der Waals surface area contributed by atoms with Crippen LogP contribution in [0.4, 0.5) is 0 Å². The Labute approximate surface area is 122 Å². The largest absolute Gasteiger partial charge is 0.326 e. The molecule has 0 bridgehead atoms. The molecular weight excluding hydrogens is 250 g/mol. The van der Waals surface area contributed by atoms with Crippen LogP contribution in [0.1, 0.15) is 37.8 Å². The molecule has 2 rings (SSSR count). The Kier molecular flexibility index (Phi) is 5.18. The fourth-order valence-corrected chi connectivity index (χ4v) is 3.23. The van der Waals surface area contributed by atoms with Gasteiger partial charge >= 0.3 is 0 Å². The highest BCUT2D eigenvalue weighted by molar-refractivity contribution is 5.14. The van der Waals surface area contributed by atoms with Crippen molar-refractivity contribution in [3.8, 4) is 0 Å². The van der Waals surface area contributed by atoms with Gasteiger partial charge in [-0.1, -0.05) is 6.92 Å². The van der Waals surface area contributed by atoms with Gasteiger partial charge in [0.25, 0.3) is 0 Å². The zero-order chi connectivity index (χ0) is 14.7. The van der Waals surface area contributed by atoms with Crippen LogP contribution in [0.5, 0.6) is 0 Å². The lowest BCUT2D eigenvalue weighted by molar-refractivity contribution is 0.0948. The van der Waals surface area contributed by atoms with Crippen molar-refractivity contribution in [3.63, 3.8) is 0 Å². The summed E-state index contributed by atoms with van der Waals surface area (Å²) in [6.07, 6.45) is 7.52. The van der Waals surface area contributed by atoms with Gasteiger partial charge in [0.2, 0.25) is 0 Å². The van der Waals surface area contributed by atoms with Crippen LogP contribution in [0.3, 0.4) is 0 Å². The number of rotatable bonds is 5. The molecule has 2 unspecified atom stereocenters. The molecule has 0 aromatic carbocycles. The van der Waals surface area contributed by atoms with E-state index in [2.05, 4.69) is 42.1 Å². The summed E-state index contributed by atoms with van der Waals surface area (Å²) in [4.78, 5) is 4.89. The first-order valence-electron chi connectivity index (χ1n) is 7.67. The van der Waals surface area contributed by atoms with Crippen LogP contribution in [0.2, 0.25) is 0 Å². The molecule has 1 saturated heterocycles. The summed E-state index contributed by atoms with van der Waals surface area (Å²) in [6, 6.07) is 1.19. The molecule has 2 N–H and O–H groups in total. The van der Waals surface area contributed by atoms with Gasteiger partial charge in [-0.15, -0.1) is 0 Å². The molecule has 0 aliphatic carbocycles. The van der Waals surface area contributed by atoms with E-state index in [1.165, 1.54) is 18.4 Å². The van der Waals surface area contributed by atoms with Crippen LogP contribution in [-0.4, -0.2) is 58.8 Å². The number of piperidine rings is 1. The van der Waals surface area contributed by atoms with Crippen molar-refractivity contribution in [1.82, 2.24) is 19.6 Å². The van der Waals surface area contributed by atoms with Gasteiger partial charge in [-0.05, 0) is 33.4 Å². The fourth-order valence-electron chi connectivity index (χ4n) is 3.23. The third kappa shape index (κ3) is 3.40. The van der Waals surface area contributed by atoms with Crippen molar-refractivity contribution in [3.05, 3.63) is 18.0 Å². The van der Waals surface area contributed by atoms with Crippen molar-refractivity contribution < 1.29 is 0 Å². The molecule has 0 radical (unpaired) electrons. The molecule has 0 saturated carbocycles. The Balaban J connectivity index is 2.09. The molecule has 1 aromatic heterocycles. The van der Waals surface area contributed by atoms with Gasteiger partial charge in [0.1, 0.15) is 0 Å². The van der Waals surface area contributed by atoms with E-state index < -0.39 is 0 Å². The van der Waals surface area contributed by atoms with Gasteiger partial charge in [-0.25, -0.2) is 0 Å². The SMILES string of the molecule is CCC(N)C(c1cnn(C)c1)N1CCC(N(C)C)CC1. The summed E-state index contributed by atoms with van der Waals surface area (Å²) >= 11 is 0. The topological polar surface area (TPSA) is 50.3 Å². The normalized spacial score (nSPS) is 21.3. The van der Waals surface area contributed by atoms with Gasteiger partial charge in [0.15, 0.2) is 0 Å². The molecular formula is C15H29N5. The zero-order valence-electron chi connectivity index (χ0n) is 13.3. The van der Waals surface area contributed by atoms with Crippen LogP contribution in [-0.2, 0) is 7.05 Å². The highest BCUT2D eigenvalue weighted by Crippen LogP contribution is 2.28. The second-order valence-corrected chi connectivity index (χ2v) is 6.20. The van der Waals surface area contributed by atoms with E-state index in [4.69, 9.17) is 5.73 Å². The number of aryl methyl sites for hydroxylation is 1. The Morgan fingerprint density at radius 1 is 1.40 bits per heavy atom. The average Bonchev–Trinajstić information content (AvgIpc) is 2.85. The molecule has 20 heavy (non-hydrogen) atoms. The minimum Gasteiger partial charge on any atom is -0.326 e. The molecule has 1 aromatic rings. The molecule has 0 spiro atoms. The number of nitrogens with two attached hydrogens (primary N) is 1. The number of aromatic nitrogens is 2. The summed E-state index contributed by atoms with van der Waals surface area (Å²) < 4.78 is 1.87. The number of hydrogen-bond acceptors (Lipinski definition) is 4. The summed E-state index contributed by atoms with van der Waals surface area (Å²) in [5.74, 6) is 0. The fraction of sp³-hybridized carbons (Fsp3) is 0.800. The van der Waals surface area contributed by atoms with E-state index in [9.17, 15) is 0 Å². The third-order valence-electron chi connectivity index (χ3n) is 4.57. The molecule has 1 aliphatic heterocycles. The van der Waals surface area contributed by atoms with Crippen LogP contribution >= 0.6 is 0 Å². The monoisotopic (exact) mass is 279 g/mol. The summed E-state index contributed by atoms with van der Waals surface area (Å²) in [5.41, 5.74) is 7.65. The number of hydrogen-bond donors (Lipinski definition) is 1. The van der Waals surface area contributed by atoms with E-state index in [-0.39, 0.29) is 6.04 Å². The number of nitrogens with zero attached hydrogens (tertiary/aromatic N) is 4. The molecule has 5 nitrogen and oxygen atoms in total. The Morgan fingerprint density at radius 3 is 2.50 bits per heavy atom. The second kappa shape index (κ2) is 6.70. The lowest BCUT2D eigenvalue weighted by atomic mass is 9.95. The number of likely N-dealkylation sites (tertiary alicyclic amines) is 1. The van der Waals surface area contributed by atoms with Gasteiger partial charge in [0.05, 0.1) is 12.2 Å². The maximum absolute atomic E-state index is 6.39. The zero-order valence-corrected chi connectivity index (χ0v) is 13.3. The molecule has 0 amide bonds. The molecule has 114 valence electrons. The van der Waals surface area contributed by atoms with Crippen LogP contribution < -0.4 is 5.73 Å². The Bertz CT molecular complexity index is 406. The van der Waals surface area contributed by atoms with E-state index in [1.807, 2.05) is 17.9 Å². The average molecular weight is 279 g/mol. The molecule has 2 heterocycles.